The predicted octanol–water partition coefficient (Wildman–Crippen LogP) is 0.742. The van der Waals surface area contributed by atoms with Crippen molar-refractivity contribution in [2.75, 3.05) is 33.7 Å². The van der Waals surface area contributed by atoms with Crippen LogP contribution in [0.1, 0.15) is 19.8 Å². The number of rotatable bonds is 3. The molecule has 1 unspecified atom stereocenters. The van der Waals surface area contributed by atoms with Crippen LogP contribution < -0.4 is 5.32 Å². The molecule has 1 N–H and O–H groups in total. The number of carbonyl (C=O) groups excluding carboxylic acids is 1. The maximum absolute atomic E-state index is 11.8. The number of hydrogen-bond acceptors (Lipinski definition) is 2. The summed E-state index contributed by atoms with van der Waals surface area (Å²) in [6.45, 7) is 4.95. The first-order valence-corrected chi connectivity index (χ1v) is 5.35. The summed E-state index contributed by atoms with van der Waals surface area (Å²) in [5.74, 6) is 0. The van der Waals surface area contributed by atoms with Crippen molar-refractivity contribution in [1.29, 1.82) is 0 Å². The highest BCUT2D eigenvalue weighted by molar-refractivity contribution is 5.74. The highest BCUT2D eigenvalue weighted by Gasteiger charge is 2.26. The summed E-state index contributed by atoms with van der Waals surface area (Å²) in [5.41, 5.74) is 0. The lowest BCUT2D eigenvalue weighted by molar-refractivity contribution is 0.153. The maximum Gasteiger partial charge on any atom is 0.319 e. The minimum atomic E-state index is 0.139. The Labute approximate surface area is 86.2 Å². The molecule has 0 saturated carbocycles. The van der Waals surface area contributed by atoms with Crippen molar-refractivity contribution >= 4 is 6.03 Å². The second kappa shape index (κ2) is 5.20. The van der Waals surface area contributed by atoms with E-state index in [1.165, 1.54) is 0 Å². The maximum atomic E-state index is 11.8. The van der Waals surface area contributed by atoms with Crippen molar-refractivity contribution < 1.29 is 4.79 Å². The Morgan fingerprint density at radius 3 is 2.64 bits per heavy atom. The van der Waals surface area contributed by atoms with Crippen LogP contribution in [0.15, 0.2) is 0 Å². The SMILES string of the molecule is CCCN(C(=O)N(C)C)C1CCNC1. The first-order chi connectivity index (χ1) is 6.66. The van der Waals surface area contributed by atoms with Crippen molar-refractivity contribution in [2.45, 2.75) is 25.8 Å². The Hall–Kier alpha value is -0.770. The monoisotopic (exact) mass is 199 g/mol. The molecule has 0 bridgehead atoms. The van der Waals surface area contributed by atoms with Gasteiger partial charge in [0, 0.05) is 33.2 Å². The fourth-order valence-electron chi connectivity index (χ4n) is 1.84. The average Bonchev–Trinajstić information content (AvgIpc) is 2.65. The highest BCUT2D eigenvalue weighted by Crippen LogP contribution is 2.10. The van der Waals surface area contributed by atoms with Crippen LogP contribution in [-0.4, -0.2) is 55.6 Å². The van der Waals surface area contributed by atoms with Crippen LogP contribution >= 0.6 is 0 Å². The molecule has 0 aromatic heterocycles. The Bertz CT molecular complexity index is 188. The van der Waals surface area contributed by atoms with E-state index >= 15 is 0 Å². The molecule has 4 nitrogen and oxygen atoms in total. The van der Waals surface area contributed by atoms with E-state index < -0.39 is 0 Å². The zero-order valence-corrected chi connectivity index (χ0v) is 9.42. The lowest BCUT2D eigenvalue weighted by Gasteiger charge is -2.30. The van der Waals surface area contributed by atoms with E-state index in [1.807, 2.05) is 19.0 Å². The quantitative estimate of drug-likeness (QED) is 0.727. The fourth-order valence-corrected chi connectivity index (χ4v) is 1.84. The molecule has 1 aliphatic rings. The van der Waals surface area contributed by atoms with Gasteiger partial charge in [-0.3, -0.25) is 0 Å². The van der Waals surface area contributed by atoms with Gasteiger partial charge in [-0.1, -0.05) is 6.92 Å². The number of nitrogens with one attached hydrogen (secondary N) is 1. The van der Waals surface area contributed by atoms with Gasteiger partial charge in [-0.15, -0.1) is 0 Å². The van der Waals surface area contributed by atoms with Gasteiger partial charge in [0.05, 0.1) is 0 Å². The summed E-state index contributed by atoms with van der Waals surface area (Å²) in [6.07, 6.45) is 2.11. The zero-order valence-electron chi connectivity index (χ0n) is 9.42. The molecule has 1 aliphatic heterocycles. The average molecular weight is 199 g/mol. The smallest absolute Gasteiger partial charge is 0.319 e. The summed E-state index contributed by atoms with van der Waals surface area (Å²) in [4.78, 5) is 15.5. The van der Waals surface area contributed by atoms with Gasteiger partial charge in [0.25, 0.3) is 0 Å². The number of amides is 2. The Kier molecular flexibility index (Phi) is 4.20. The molecule has 1 heterocycles. The first-order valence-electron chi connectivity index (χ1n) is 5.35. The summed E-state index contributed by atoms with van der Waals surface area (Å²) < 4.78 is 0. The zero-order chi connectivity index (χ0) is 10.6. The van der Waals surface area contributed by atoms with Gasteiger partial charge in [-0.05, 0) is 19.4 Å². The second-order valence-corrected chi connectivity index (χ2v) is 4.02. The molecule has 14 heavy (non-hydrogen) atoms. The van der Waals surface area contributed by atoms with Crippen molar-refractivity contribution in [2.24, 2.45) is 0 Å². The standard InChI is InChI=1S/C10H21N3O/c1-4-7-13(10(14)12(2)3)9-5-6-11-8-9/h9,11H,4-8H2,1-3H3. The minimum absolute atomic E-state index is 0.139. The molecule has 1 fully saturated rings. The molecule has 2 amide bonds. The van der Waals surface area contributed by atoms with Gasteiger partial charge in [-0.2, -0.15) is 0 Å². The van der Waals surface area contributed by atoms with Crippen molar-refractivity contribution in [3.63, 3.8) is 0 Å². The van der Waals surface area contributed by atoms with Gasteiger partial charge < -0.3 is 15.1 Å². The van der Waals surface area contributed by atoms with Gasteiger partial charge >= 0.3 is 6.03 Å². The lowest BCUT2D eigenvalue weighted by atomic mass is 10.2. The fraction of sp³-hybridized carbons (Fsp3) is 0.900. The molecule has 1 rings (SSSR count). The van der Waals surface area contributed by atoms with Gasteiger partial charge in [0.2, 0.25) is 0 Å². The summed E-state index contributed by atoms with van der Waals surface area (Å²) in [6, 6.07) is 0.533. The summed E-state index contributed by atoms with van der Waals surface area (Å²) in [7, 11) is 3.63. The Morgan fingerprint density at radius 2 is 2.21 bits per heavy atom. The van der Waals surface area contributed by atoms with E-state index in [0.29, 0.717) is 6.04 Å². The second-order valence-electron chi connectivity index (χ2n) is 4.02. The van der Waals surface area contributed by atoms with E-state index in [1.54, 1.807) is 4.90 Å². The third-order valence-electron chi connectivity index (χ3n) is 2.57. The van der Waals surface area contributed by atoms with Crippen LogP contribution in [0.2, 0.25) is 0 Å². The minimum Gasteiger partial charge on any atom is -0.331 e. The van der Waals surface area contributed by atoms with Crippen LogP contribution in [0.25, 0.3) is 0 Å². The van der Waals surface area contributed by atoms with Crippen LogP contribution in [0.3, 0.4) is 0 Å². The van der Waals surface area contributed by atoms with Crippen molar-refractivity contribution in [1.82, 2.24) is 15.1 Å². The molecule has 0 aromatic rings. The van der Waals surface area contributed by atoms with Crippen LogP contribution in [0.4, 0.5) is 4.79 Å². The van der Waals surface area contributed by atoms with Crippen molar-refractivity contribution in [3.8, 4) is 0 Å². The molecule has 0 spiro atoms. The Morgan fingerprint density at radius 1 is 1.50 bits per heavy atom. The third kappa shape index (κ3) is 2.61. The predicted molar refractivity (Wildman–Crippen MR) is 57.4 cm³/mol. The number of carbonyl (C=O) groups is 1. The highest BCUT2D eigenvalue weighted by atomic mass is 16.2. The van der Waals surface area contributed by atoms with Gasteiger partial charge in [0.15, 0.2) is 0 Å². The number of hydrogen-bond donors (Lipinski definition) is 1. The van der Waals surface area contributed by atoms with E-state index in [0.717, 1.165) is 32.5 Å². The molecule has 0 aliphatic carbocycles. The Balaban J connectivity index is 2.57. The molecule has 1 atom stereocenters. The van der Waals surface area contributed by atoms with Crippen LogP contribution in [0.5, 0.6) is 0 Å². The molecule has 82 valence electrons. The molecule has 0 aromatic carbocycles. The van der Waals surface area contributed by atoms with E-state index in [4.69, 9.17) is 0 Å². The van der Waals surface area contributed by atoms with E-state index in [2.05, 4.69) is 12.2 Å². The van der Waals surface area contributed by atoms with E-state index in [-0.39, 0.29) is 6.03 Å². The lowest BCUT2D eigenvalue weighted by Crippen LogP contribution is -2.46. The molecule has 0 radical (unpaired) electrons. The normalized spacial score (nSPS) is 20.9. The van der Waals surface area contributed by atoms with Gasteiger partial charge in [-0.25, -0.2) is 4.79 Å². The number of urea groups is 1. The molecule has 1 saturated heterocycles. The molecule has 4 heteroatoms. The topological polar surface area (TPSA) is 35.6 Å². The molecular formula is C10H21N3O. The number of nitrogens with zero attached hydrogens (tertiary/aromatic N) is 2. The van der Waals surface area contributed by atoms with Crippen LogP contribution in [0, 0.1) is 0 Å². The van der Waals surface area contributed by atoms with Gasteiger partial charge in [0.1, 0.15) is 0 Å². The van der Waals surface area contributed by atoms with E-state index in [9.17, 15) is 4.79 Å². The summed E-state index contributed by atoms with van der Waals surface area (Å²) in [5, 5.41) is 3.29. The first kappa shape index (κ1) is 11.3. The van der Waals surface area contributed by atoms with Crippen molar-refractivity contribution in [3.05, 3.63) is 0 Å². The van der Waals surface area contributed by atoms with Crippen LogP contribution in [-0.2, 0) is 0 Å². The third-order valence-corrected chi connectivity index (χ3v) is 2.57. The largest absolute Gasteiger partial charge is 0.331 e. The summed E-state index contributed by atoms with van der Waals surface area (Å²) >= 11 is 0. The molecular weight excluding hydrogens is 178 g/mol.